The zero-order valence-electron chi connectivity index (χ0n) is 37.2. The van der Waals surface area contributed by atoms with Gasteiger partial charge in [0.15, 0.2) is 8.07 Å². The zero-order chi connectivity index (χ0) is 44.4. The number of para-hydroxylation sites is 3. The minimum absolute atomic E-state index is 0.00103. The molecule has 1 aromatic heterocycles. The van der Waals surface area contributed by atoms with E-state index in [0.717, 1.165) is 0 Å². The summed E-state index contributed by atoms with van der Waals surface area (Å²) in [6.07, 6.45) is 0. The highest BCUT2D eigenvalue weighted by Crippen LogP contribution is 2.47. The fourth-order valence-corrected chi connectivity index (χ4v) is 18.6. The number of hydrogen-bond donors (Lipinski definition) is 0. The van der Waals surface area contributed by atoms with Gasteiger partial charge in [0.2, 0.25) is 6.71 Å². The molecule has 0 fully saturated rings. The zero-order valence-corrected chi connectivity index (χ0v) is 39.1. The quantitative estimate of drug-likeness (QED) is 0.159. The third kappa shape index (κ3) is 5.47. The smallest absolute Gasteiger partial charge is 0.249 e. The van der Waals surface area contributed by atoms with Crippen LogP contribution in [0.5, 0.6) is 0 Å². The van der Waals surface area contributed by atoms with Crippen LogP contribution in [0.15, 0.2) is 234 Å². The average molecular weight is 887 g/mol. The normalized spacial score (nSPS) is 13.8. The molecule has 10 aromatic carbocycles. The van der Waals surface area contributed by atoms with E-state index in [4.69, 9.17) is 0 Å². The molecule has 14 rings (SSSR count). The Labute approximate surface area is 396 Å². The Morgan fingerprint density at radius 3 is 1.73 bits per heavy atom. The number of benzene rings is 10. The van der Waals surface area contributed by atoms with Crippen LogP contribution in [0.4, 0.5) is 17.1 Å². The van der Waals surface area contributed by atoms with Crippen molar-refractivity contribution in [1.82, 2.24) is 4.57 Å². The molecular weight excluding hydrogens is 844 g/mol. The Kier molecular flexibility index (Phi) is 8.50. The van der Waals surface area contributed by atoms with Crippen LogP contribution < -0.4 is 42.0 Å². The van der Waals surface area contributed by atoms with Crippen LogP contribution in [0.2, 0.25) is 0 Å². The van der Waals surface area contributed by atoms with Crippen molar-refractivity contribution < 1.29 is 0 Å². The van der Waals surface area contributed by atoms with Crippen molar-refractivity contribution in [3.8, 4) is 27.9 Å². The van der Waals surface area contributed by atoms with Crippen molar-refractivity contribution in [2.75, 3.05) is 4.90 Å². The minimum Gasteiger partial charge on any atom is -0.311 e. The van der Waals surface area contributed by atoms with Gasteiger partial charge in [-0.2, -0.15) is 0 Å². The Morgan fingerprint density at radius 2 is 1.04 bits per heavy atom. The molecule has 5 heteroatoms. The van der Waals surface area contributed by atoms with Gasteiger partial charge in [0.1, 0.15) is 0 Å². The third-order valence-corrected chi connectivity index (χ3v) is 20.9. The molecule has 0 unspecified atom stereocenters. The molecule has 3 aliphatic rings. The first-order chi connectivity index (χ1) is 33.1. The van der Waals surface area contributed by atoms with Crippen LogP contribution in [0.3, 0.4) is 0 Å². The van der Waals surface area contributed by atoms with Crippen molar-refractivity contribution in [1.29, 1.82) is 0 Å². The minimum atomic E-state index is -2.81. The van der Waals surface area contributed by atoms with Crippen LogP contribution in [-0.2, 0) is 0 Å². The van der Waals surface area contributed by atoms with Crippen LogP contribution in [-0.4, -0.2) is 19.4 Å². The molecule has 0 aliphatic carbocycles. The molecule has 11 aromatic rings. The van der Waals surface area contributed by atoms with Gasteiger partial charge >= 0.3 is 0 Å². The van der Waals surface area contributed by atoms with E-state index >= 15 is 0 Å². The highest BCUT2D eigenvalue weighted by Gasteiger charge is 2.51. The number of aryl methyl sites for hydroxylation is 2. The van der Waals surface area contributed by atoms with Gasteiger partial charge in [-0.1, -0.05) is 205 Å². The summed E-state index contributed by atoms with van der Waals surface area (Å²) >= 11 is 1.94. The number of fused-ring (bicyclic) bond motifs is 10. The summed E-state index contributed by atoms with van der Waals surface area (Å²) in [6.45, 7) is 4.58. The second-order valence-corrected chi connectivity index (χ2v) is 23.3. The third-order valence-electron chi connectivity index (χ3n) is 14.9. The molecule has 314 valence electrons. The molecule has 67 heavy (non-hydrogen) atoms. The molecular formula is C62H43BN2SSi. The van der Waals surface area contributed by atoms with Crippen LogP contribution in [0, 0.1) is 13.8 Å². The van der Waals surface area contributed by atoms with Crippen molar-refractivity contribution in [3.63, 3.8) is 0 Å². The SMILES string of the molecule is Cc1cccc(C)c1N1c2cc3c(cc2B2c4ccc(-c5ccccc5)cc4Sc4cc(-n5c6ccccc6c6ccccc65)cc1c42)[Si](c1ccccc1)(c1ccccc1)c1ccccc1-3. The summed E-state index contributed by atoms with van der Waals surface area (Å²) in [5.41, 5.74) is 19.2. The molecule has 4 heterocycles. The lowest BCUT2D eigenvalue weighted by molar-refractivity contribution is 1.15. The van der Waals surface area contributed by atoms with E-state index in [0.29, 0.717) is 0 Å². The number of rotatable bonds is 5. The topological polar surface area (TPSA) is 8.17 Å². The molecule has 0 bridgehead atoms. The Morgan fingerprint density at radius 1 is 0.433 bits per heavy atom. The molecule has 0 amide bonds. The van der Waals surface area contributed by atoms with Crippen molar-refractivity contribution in [2.24, 2.45) is 0 Å². The van der Waals surface area contributed by atoms with Crippen LogP contribution in [0.25, 0.3) is 49.7 Å². The number of aromatic nitrogens is 1. The van der Waals surface area contributed by atoms with Crippen molar-refractivity contribution in [3.05, 3.63) is 236 Å². The van der Waals surface area contributed by atoms with Gasteiger partial charge in [-0.05, 0) is 115 Å². The van der Waals surface area contributed by atoms with Gasteiger partial charge in [-0.3, -0.25) is 0 Å². The van der Waals surface area contributed by atoms with E-state index in [-0.39, 0.29) is 6.71 Å². The summed E-state index contributed by atoms with van der Waals surface area (Å²) in [6, 6.07) is 85.3. The molecule has 3 aliphatic heterocycles. The van der Waals surface area contributed by atoms with Crippen molar-refractivity contribution >= 4 is 103 Å². The van der Waals surface area contributed by atoms with Gasteiger partial charge in [0, 0.05) is 37.6 Å². The maximum atomic E-state index is 2.70. The Bertz CT molecular complexity index is 3710. The van der Waals surface area contributed by atoms with E-state index in [2.05, 4.69) is 248 Å². The summed E-state index contributed by atoms with van der Waals surface area (Å²) in [5.74, 6) is 0. The molecule has 0 atom stereocenters. The predicted octanol–water partition coefficient (Wildman–Crippen LogP) is 11.2. The Hall–Kier alpha value is -7.57. The standard InChI is InChI=1S/C62H43BN2SSi/c1-40-19-18-20-41(2)62(40)65-55-38-50-49-29-14-17-32-59(49)67(45-23-8-4-9-24-45,46-25-10-5-11-26-46)60(50)39-52(55)63-51-34-33-43(42-21-6-3-7-22-42)35-57(51)66-58-37-44(36-56(65)61(58)63)64-53-30-15-12-27-47(53)48-28-13-16-31-54(48)64/h3-39H,1-2H3. The van der Waals surface area contributed by atoms with E-state index in [9.17, 15) is 0 Å². The molecule has 0 radical (unpaired) electrons. The Balaban J connectivity index is 1.13. The highest BCUT2D eigenvalue weighted by molar-refractivity contribution is 8.00. The fourth-order valence-electron chi connectivity index (χ4n) is 12.2. The molecule has 0 saturated carbocycles. The maximum Gasteiger partial charge on any atom is 0.249 e. The van der Waals surface area contributed by atoms with Crippen LogP contribution >= 0.6 is 11.8 Å². The lowest BCUT2D eigenvalue weighted by atomic mass is 9.34. The number of anilines is 3. The molecule has 0 N–H and O–H groups in total. The van der Waals surface area contributed by atoms with Crippen molar-refractivity contribution in [2.45, 2.75) is 23.6 Å². The maximum absolute atomic E-state index is 2.81. The monoisotopic (exact) mass is 886 g/mol. The van der Waals surface area contributed by atoms with E-state index in [1.165, 1.54) is 125 Å². The molecule has 0 spiro atoms. The second kappa shape index (κ2) is 14.7. The molecule has 2 nitrogen and oxygen atoms in total. The van der Waals surface area contributed by atoms with Gasteiger partial charge in [-0.25, -0.2) is 0 Å². The lowest BCUT2D eigenvalue weighted by Crippen LogP contribution is -2.73. The molecule has 0 saturated heterocycles. The number of nitrogens with zero attached hydrogens (tertiary/aromatic N) is 2. The van der Waals surface area contributed by atoms with Gasteiger partial charge in [-0.15, -0.1) is 0 Å². The predicted molar refractivity (Wildman–Crippen MR) is 288 cm³/mol. The van der Waals surface area contributed by atoms with E-state index in [1.54, 1.807) is 0 Å². The van der Waals surface area contributed by atoms with Gasteiger partial charge in [0.25, 0.3) is 0 Å². The van der Waals surface area contributed by atoms with E-state index in [1.807, 2.05) is 11.8 Å². The summed E-state index contributed by atoms with van der Waals surface area (Å²) in [4.78, 5) is 5.28. The largest absolute Gasteiger partial charge is 0.311 e. The highest BCUT2D eigenvalue weighted by atomic mass is 32.2. The summed E-state index contributed by atoms with van der Waals surface area (Å²) < 4.78 is 2.50. The van der Waals surface area contributed by atoms with Crippen LogP contribution in [0.1, 0.15) is 11.1 Å². The first-order valence-electron chi connectivity index (χ1n) is 23.4. The fraction of sp³-hybridized carbons (Fsp3) is 0.0323. The lowest BCUT2D eigenvalue weighted by Gasteiger charge is -2.42. The van der Waals surface area contributed by atoms with E-state index < -0.39 is 8.07 Å². The summed E-state index contributed by atoms with van der Waals surface area (Å²) in [7, 11) is -2.81. The second-order valence-electron chi connectivity index (χ2n) is 18.5. The summed E-state index contributed by atoms with van der Waals surface area (Å²) in [5, 5.41) is 8.30. The van der Waals surface area contributed by atoms with Gasteiger partial charge < -0.3 is 9.47 Å². The first-order valence-corrected chi connectivity index (χ1v) is 26.2. The average Bonchev–Trinajstić information content (AvgIpc) is 3.87. The number of hydrogen-bond acceptors (Lipinski definition) is 2. The first kappa shape index (κ1) is 38.7. The van der Waals surface area contributed by atoms with Gasteiger partial charge in [0.05, 0.1) is 16.7 Å².